The Morgan fingerprint density at radius 1 is 0.745 bits per heavy atom. The van der Waals surface area contributed by atoms with E-state index in [0.29, 0.717) is 17.4 Å². The van der Waals surface area contributed by atoms with Gasteiger partial charge in [-0.15, -0.1) is 42.4 Å². The minimum atomic E-state index is -0.00876. The molecule has 0 spiro atoms. The molecule has 7 heteroatoms. The van der Waals surface area contributed by atoms with Gasteiger partial charge < -0.3 is 19.1 Å². The van der Waals surface area contributed by atoms with E-state index in [2.05, 4.69) is 142 Å². The van der Waals surface area contributed by atoms with Crippen molar-refractivity contribution in [1.29, 1.82) is 0 Å². The minimum absolute atomic E-state index is 0. The molecule has 6 nitrogen and oxygen atoms in total. The van der Waals surface area contributed by atoms with Gasteiger partial charge >= 0.3 is 0 Å². The van der Waals surface area contributed by atoms with Crippen molar-refractivity contribution in [3.05, 3.63) is 144 Å². The van der Waals surface area contributed by atoms with Gasteiger partial charge in [-0.2, -0.15) is 12.1 Å². The number of para-hydroxylation sites is 1. The fourth-order valence-electron chi connectivity index (χ4n) is 6.99. The Morgan fingerprint density at radius 3 is 2.27 bits per heavy atom. The largest absolute Gasteiger partial charge is 0.509 e. The monoisotopic (exact) mass is 849 g/mol. The van der Waals surface area contributed by atoms with Crippen LogP contribution in [-0.2, 0) is 26.5 Å². The van der Waals surface area contributed by atoms with E-state index in [9.17, 15) is 0 Å². The first-order valence-corrected chi connectivity index (χ1v) is 17.2. The summed E-state index contributed by atoms with van der Waals surface area (Å²) in [6.45, 7) is 17.6. The normalized spacial score (nSPS) is 12.9. The Bertz CT molecular complexity index is 2380. The Kier molecular flexibility index (Phi) is 9.01. The van der Waals surface area contributed by atoms with Gasteiger partial charge in [0.05, 0.1) is 5.69 Å². The maximum atomic E-state index is 6.51. The number of rotatable bonds is 6. The molecular weight excluding hydrogens is 810 g/mol. The first kappa shape index (κ1) is 34.5. The van der Waals surface area contributed by atoms with E-state index < -0.39 is 0 Å². The van der Waals surface area contributed by atoms with E-state index in [1.54, 1.807) is 0 Å². The van der Waals surface area contributed by atoms with Gasteiger partial charge in [-0.25, -0.2) is 9.97 Å². The fourth-order valence-corrected chi connectivity index (χ4v) is 6.99. The molecule has 0 saturated carbocycles. The predicted octanol–water partition coefficient (Wildman–Crippen LogP) is 11.4. The number of hydrogen-bond donors (Lipinski definition) is 0. The molecule has 0 saturated heterocycles. The van der Waals surface area contributed by atoms with Crippen molar-refractivity contribution >= 4 is 44.7 Å². The molecule has 0 radical (unpaired) electrons. The Labute approximate surface area is 315 Å². The SMILES string of the molecule is Cc1cc(C(C)C)cc(C)c1N1[CH-]N(c2[c-]c(Oc3[c-]c4c(cc3)c3ccccc3n4-c3cc(C(C)(C)C)ccn3)ccc2)c2ncccc21.[Pt]. The molecule has 8 rings (SSSR count). The van der Waals surface area contributed by atoms with Gasteiger partial charge in [0.1, 0.15) is 11.6 Å². The molecule has 0 N–H and O–H groups in total. The number of aromatic nitrogens is 3. The Hall–Kier alpha value is -4.93. The number of ether oxygens (including phenoxy) is 1. The molecule has 51 heavy (non-hydrogen) atoms. The number of aryl methyl sites for hydroxylation is 2. The number of benzene rings is 4. The topological polar surface area (TPSA) is 46.4 Å². The number of anilines is 4. The summed E-state index contributed by atoms with van der Waals surface area (Å²) in [5, 5.41) is 2.24. The van der Waals surface area contributed by atoms with Crippen molar-refractivity contribution in [1.82, 2.24) is 14.5 Å². The van der Waals surface area contributed by atoms with E-state index in [0.717, 1.165) is 44.8 Å². The molecule has 0 bridgehead atoms. The summed E-state index contributed by atoms with van der Waals surface area (Å²) in [6, 6.07) is 38.5. The molecule has 260 valence electrons. The van der Waals surface area contributed by atoms with Crippen molar-refractivity contribution in [2.75, 3.05) is 9.80 Å². The molecule has 1 aliphatic heterocycles. The summed E-state index contributed by atoms with van der Waals surface area (Å²) in [7, 11) is 0. The summed E-state index contributed by atoms with van der Waals surface area (Å²) in [5.41, 5.74) is 10.0. The van der Waals surface area contributed by atoms with Crippen LogP contribution in [0.1, 0.15) is 62.8 Å². The van der Waals surface area contributed by atoms with Gasteiger partial charge in [-0.1, -0.05) is 76.2 Å². The summed E-state index contributed by atoms with van der Waals surface area (Å²) >= 11 is 0. The van der Waals surface area contributed by atoms with Crippen LogP contribution in [0.3, 0.4) is 0 Å². The van der Waals surface area contributed by atoms with Gasteiger partial charge in [0.25, 0.3) is 0 Å². The zero-order valence-electron chi connectivity index (χ0n) is 29.9. The maximum absolute atomic E-state index is 6.51. The number of nitrogens with zero attached hydrogens (tertiary/aromatic N) is 5. The standard InChI is InChI=1S/C44H40N5O.Pt/c1-28(2)31-22-29(3)42(30(4)23-31)48-27-47(43-39(48)16-11-20-46-43)33-12-10-13-34(25-33)50-35-17-18-37-36-14-8-9-15-38(36)49(40(37)26-35)41-24-32(19-21-45-41)44(5,6)7;/h8-24,27-28H,1-7H3;/q-3;. The first-order chi connectivity index (χ1) is 24.1. The van der Waals surface area contributed by atoms with Crippen molar-refractivity contribution in [3.8, 4) is 17.3 Å². The molecule has 0 aliphatic carbocycles. The molecule has 0 amide bonds. The van der Waals surface area contributed by atoms with Crippen LogP contribution in [-0.4, -0.2) is 14.5 Å². The van der Waals surface area contributed by atoms with E-state index in [1.165, 1.54) is 27.9 Å². The average Bonchev–Trinajstić information content (AvgIpc) is 3.64. The van der Waals surface area contributed by atoms with Gasteiger partial charge in [0.2, 0.25) is 0 Å². The number of hydrogen-bond acceptors (Lipinski definition) is 5. The zero-order chi connectivity index (χ0) is 34.7. The van der Waals surface area contributed by atoms with Crippen LogP contribution in [0.4, 0.5) is 22.9 Å². The second-order valence-corrected chi connectivity index (χ2v) is 14.5. The Morgan fingerprint density at radius 2 is 1.51 bits per heavy atom. The van der Waals surface area contributed by atoms with E-state index >= 15 is 0 Å². The molecule has 3 aromatic heterocycles. The molecule has 0 fully saturated rings. The van der Waals surface area contributed by atoms with Crippen LogP contribution < -0.4 is 14.5 Å². The molecule has 4 heterocycles. The van der Waals surface area contributed by atoms with Crippen LogP contribution in [0, 0.1) is 32.6 Å². The molecule has 0 unspecified atom stereocenters. The number of fused-ring (bicyclic) bond motifs is 4. The smallest absolute Gasteiger partial charge is 0.135 e. The van der Waals surface area contributed by atoms with Crippen LogP contribution in [0.5, 0.6) is 11.5 Å². The summed E-state index contributed by atoms with van der Waals surface area (Å²) in [6.07, 6.45) is 3.73. The van der Waals surface area contributed by atoms with E-state index in [1.807, 2.05) is 42.7 Å². The number of pyridine rings is 2. The van der Waals surface area contributed by atoms with Crippen molar-refractivity contribution in [2.45, 2.75) is 59.8 Å². The first-order valence-electron chi connectivity index (χ1n) is 17.2. The molecule has 0 atom stereocenters. The second-order valence-electron chi connectivity index (χ2n) is 14.5. The molecule has 7 aromatic rings. The van der Waals surface area contributed by atoms with Crippen molar-refractivity contribution in [3.63, 3.8) is 0 Å². The van der Waals surface area contributed by atoms with Crippen LogP contribution >= 0.6 is 0 Å². The molecular formula is C44H40N5OPt-3. The van der Waals surface area contributed by atoms with Gasteiger partial charge in [0, 0.05) is 56.2 Å². The zero-order valence-corrected chi connectivity index (χ0v) is 32.2. The van der Waals surface area contributed by atoms with Gasteiger partial charge in [0.15, 0.2) is 0 Å². The fraction of sp³-hybridized carbons (Fsp3) is 0.205. The van der Waals surface area contributed by atoms with E-state index in [-0.39, 0.29) is 26.5 Å². The molecule has 4 aromatic carbocycles. The third-order valence-electron chi connectivity index (χ3n) is 9.54. The van der Waals surface area contributed by atoms with Gasteiger partial charge in [-0.05, 0) is 83.2 Å². The van der Waals surface area contributed by atoms with Crippen molar-refractivity contribution < 1.29 is 25.8 Å². The Balaban J connectivity index is 0.00000406. The summed E-state index contributed by atoms with van der Waals surface area (Å²) in [5.74, 6) is 3.35. The summed E-state index contributed by atoms with van der Waals surface area (Å²) < 4.78 is 8.69. The second kappa shape index (κ2) is 13.3. The van der Waals surface area contributed by atoms with Gasteiger partial charge in [-0.3, -0.25) is 0 Å². The third-order valence-corrected chi connectivity index (χ3v) is 9.54. The quantitative estimate of drug-likeness (QED) is 0.156. The van der Waals surface area contributed by atoms with Crippen molar-refractivity contribution in [2.24, 2.45) is 0 Å². The summed E-state index contributed by atoms with van der Waals surface area (Å²) in [4.78, 5) is 13.9. The van der Waals surface area contributed by atoms with Crippen LogP contribution in [0.2, 0.25) is 0 Å². The third kappa shape index (κ3) is 6.21. The average molecular weight is 850 g/mol. The van der Waals surface area contributed by atoms with Crippen LogP contribution in [0.15, 0.2) is 103 Å². The van der Waals surface area contributed by atoms with Crippen LogP contribution in [0.25, 0.3) is 27.6 Å². The minimum Gasteiger partial charge on any atom is -0.509 e. The molecule has 1 aliphatic rings. The van der Waals surface area contributed by atoms with E-state index in [4.69, 9.17) is 14.7 Å². The maximum Gasteiger partial charge on any atom is 0.135 e. The predicted molar refractivity (Wildman–Crippen MR) is 204 cm³/mol.